The van der Waals surface area contributed by atoms with Crippen LogP contribution < -0.4 is 0 Å². The van der Waals surface area contributed by atoms with E-state index < -0.39 is 12.4 Å². The van der Waals surface area contributed by atoms with Crippen molar-refractivity contribution in [2.45, 2.75) is 6.92 Å². The van der Waals surface area contributed by atoms with Crippen molar-refractivity contribution < 1.29 is 32.1 Å². The van der Waals surface area contributed by atoms with Gasteiger partial charge in [-0.25, -0.2) is 0 Å². The molecule has 0 bridgehead atoms. The zero-order valence-corrected chi connectivity index (χ0v) is 5.83. The summed E-state index contributed by atoms with van der Waals surface area (Å²) in [4.78, 5) is 10.1. The quantitative estimate of drug-likeness (QED) is 0.357. The van der Waals surface area contributed by atoms with Gasteiger partial charge in [0.1, 0.15) is 6.61 Å². The number of aliphatic hydroxyl groups excluding tert-OH is 2. The molecular weight excluding hydrogens is 172 g/mol. The zero-order chi connectivity index (χ0) is 6.57. The van der Waals surface area contributed by atoms with Crippen LogP contribution in [0.4, 0.5) is 0 Å². The van der Waals surface area contributed by atoms with Crippen LogP contribution in [0.15, 0.2) is 11.8 Å². The zero-order valence-electron chi connectivity index (χ0n) is 4.89. The Kier molecular flexibility index (Phi) is 7.42. The van der Waals surface area contributed by atoms with Crippen LogP contribution in [-0.4, -0.2) is 22.6 Å². The Morgan fingerprint density at radius 2 is 2.11 bits per heavy atom. The summed E-state index contributed by atoms with van der Waals surface area (Å²) in [5.41, 5.74) is 0. The van der Waals surface area contributed by atoms with Gasteiger partial charge in [-0.3, -0.25) is 4.79 Å². The van der Waals surface area contributed by atoms with Gasteiger partial charge in [-0.2, -0.15) is 0 Å². The molecule has 0 atom stereocenters. The van der Waals surface area contributed by atoms with Crippen LogP contribution in [0.25, 0.3) is 0 Å². The molecule has 1 radical (unpaired) electrons. The molecular formula is C5H8CuO3. The molecule has 0 saturated heterocycles. The van der Waals surface area contributed by atoms with Gasteiger partial charge < -0.3 is 10.2 Å². The Morgan fingerprint density at radius 1 is 1.67 bits per heavy atom. The summed E-state index contributed by atoms with van der Waals surface area (Å²) in [6.45, 7) is 0.825. The monoisotopic (exact) mass is 179 g/mol. The molecule has 0 aliphatic carbocycles. The van der Waals surface area contributed by atoms with E-state index in [4.69, 9.17) is 10.2 Å². The Hall–Kier alpha value is -0.311. The Balaban J connectivity index is 0. The van der Waals surface area contributed by atoms with Crippen molar-refractivity contribution >= 4 is 5.78 Å². The minimum atomic E-state index is -0.544. The standard InChI is InChI=1S/C5H8O3.Cu/c1-4(7)2-5(8)3-6;/h2,6-7H,3H2,1H3;/b4-2-;. The number of ketones is 1. The molecule has 0 fully saturated rings. The third kappa shape index (κ3) is 7.69. The molecule has 57 valence electrons. The fraction of sp³-hybridized carbons (Fsp3) is 0.400. The molecule has 0 aromatic rings. The van der Waals surface area contributed by atoms with E-state index >= 15 is 0 Å². The molecule has 0 aromatic carbocycles. The van der Waals surface area contributed by atoms with E-state index in [1.807, 2.05) is 0 Å². The van der Waals surface area contributed by atoms with Crippen molar-refractivity contribution in [3.05, 3.63) is 11.8 Å². The molecule has 0 aliphatic heterocycles. The minimum absolute atomic E-state index is 0. The SMILES string of the molecule is C/C(O)=C/C(=O)CO.[Cu]. The second-order valence-electron chi connectivity index (χ2n) is 1.41. The van der Waals surface area contributed by atoms with E-state index in [-0.39, 0.29) is 22.8 Å². The van der Waals surface area contributed by atoms with Crippen LogP contribution in [0.5, 0.6) is 0 Å². The predicted octanol–water partition coefficient (Wildman–Crippen LogP) is 0.00710. The smallest absolute Gasteiger partial charge is 0.184 e. The number of allylic oxidation sites excluding steroid dienone is 1. The molecule has 0 spiro atoms. The van der Waals surface area contributed by atoms with Crippen LogP contribution in [0.1, 0.15) is 6.92 Å². The van der Waals surface area contributed by atoms with E-state index in [1.54, 1.807) is 0 Å². The molecule has 9 heavy (non-hydrogen) atoms. The Labute approximate surface area is 63.9 Å². The maximum atomic E-state index is 10.1. The van der Waals surface area contributed by atoms with Crippen LogP contribution in [0.3, 0.4) is 0 Å². The molecule has 3 nitrogen and oxygen atoms in total. The van der Waals surface area contributed by atoms with Crippen LogP contribution >= 0.6 is 0 Å². The first-order chi connectivity index (χ1) is 3.66. The van der Waals surface area contributed by atoms with E-state index in [0.29, 0.717) is 0 Å². The second-order valence-corrected chi connectivity index (χ2v) is 1.41. The fourth-order valence-corrected chi connectivity index (χ4v) is 0.279. The first-order valence-corrected chi connectivity index (χ1v) is 2.17. The van der Waals surface area contributed by atoms with E-state index in [9.17, 15) is 4.79 Å². The van der Waals surface area contributed by atoms with E-state index in [1.165, 1.54) is 6.92 Å². The van der Waals surface area contributed by atoms with Gasteiger partial charge in [0.2, 0.25) is 0 Å². The molecule has 0 aliphatic rings. The first-order valence-electron chi connectivity index (χ1n) is 2.17. The fourth-order valence-electron chi connectivity index (χ4n) is 0.279. The van der Waals surface area contributed by atoms with Gasteiger partial charge in [0.25, 0.3) is 0 Å². The average molecular weight is 180 g/mol. The summed E-state index contributed by atoms with van der Waals surface area (Å²) in [6, 6.07) is 0. The van der Waals surface area contributed by atoms with E-state index in [0.717, 1.165) is 6.08 Å². The molecule has 0 rings (SSSR count). The largest absolute Gasteiger partial charge is 0.512 e. The Bertz CT molecular complexity index is 115. The van der Waals surface area contributed by atoms with Gasteiger partial charge in [0.05, 0.1) is 5.76 Å². The van der Waals surface area contributed by atoms with Crippen molar-refractivity contribution in [3.8, 4) is 0 Å². The van der Waals surface area contributed by atoms with Crippen LogP contribution in [0.2, 0.25) is 0 Å². The number of rotatable bonds is 2. The number of aliphatic hydroxyl groups is 2. The maximum Gasteiger partial charge on any atom is 0.184 e. The minimum Gasteiger partial charge on any atom is -0.512 e. The molecule has 2 N–H and O–H groups in total. The van der Waals surface area contributed by atoms with Crippen LogP contribution in [0, 0.1) is 0 Å². The molecule has 4 heteroatoms. The van der Waals surface area contributed by atoms with Crippen molar-refractivity contribution in [2.24, 2.45) is 0 Å². The number of carbonyl (C=O) groups is 1. The first kappa shape index (κ1) is 11.5. The Morgan fingerprint density at radius 3 is 2.22 bits per heavy atom. The summed E-state index contributed by atoms with van der Waals surface area (Å²) < 4.78 is 0. The van der Waals surface area contributed by atoms with Gasteiger partial charge in [-0.1, -0.05) is 0 Å². The van der Waals surface area contributed by atoms with Gasteiger partial charge in [0, 0.05) is 23.1 Å². The summed E-state index contributed by atoms with van der Waals surface area (Å²) in [7, 11) is 0. The average Bonchev–Trinajstić information content (AvgIpc) is 1.65. The van der Waals surface area contributed by atoms with Crippen molar-refractivity contribution in [3.63, 3.8) is 0 Å². The summed E-state index contributed by atoms with van der Waals surface area (Å²) in [5, 5.41) is 16.5. The van der Waals surface area contributed by atoms with Crippen molar-refractivity contribution in [2.75, 3.05) is 6.61 Å². The molecule has 0 unspecified atom stereocenters. The maximum absolute atomic E-state index is 10.1. The summed E-state index contributed by atoms with van der Waals surface area (Å²) in [6.07, 6.45) is 0.972. The third-order valence-electron chi connectivity index (χ3n) is 0.526. The molecule has 0 saturated carbocycles. The van der Waals surface area contributed by atoms with E-state index in [2.05, 4.69) is 0 Å². The van der Waals surface area contributed by atoms with Gasteiger partial charge in [-0.05, 0) is 6.92 Å². The van der Waals surface area contributed by atoms with Crippen molar-refractivity contribution in [1.82, 2.24) is 0 Å². The number of hydrogen-bond acceptors (Lipinski definition) is 3. The second kappa shape index (κ2) is 5.82. The van der Waals surface area contributed by atoms with Gasteiger partial charge in [0.15, 0.2) is 5.78 Å². The third-order valence-corrected chi connectivity index (χ3v) is 0.526. The van der Waals surface area contributed by atoms with Crippen molar-refractivity contribution in [1.29, 1.82) is 0 Å². The molecule has 0 amide bonds. The summed E-state index contributed by atoms with van der Waals surface area (Å²) in [5.74, 6) is -0.561. The number of carbonyl (C=O) groups excluding carboxylic acids is 1. The predicted molar refractivity (Wildman–Crippen MR) is 28.5 cm³/mol. The van der Waals surface area contributed by atoms with Gasteiger partial charge >= 0.3 is 0 Å². The normalized spacial score (nSPS) is 10.2. The topological polar surface area (TPSA) is 57.5 Å². The summed E-state index contributed by atoms with van der Waals surface area (Å²) >= 11 is 0. The number of hydrogen-bond donors (Lipinski definition) is 2. The molecule has 0 heterocycles. The molecule has 0 aromatic heterocycles. The van der Waals surface area contributed by atoms with Crippen LogP contribution in [-0.2, 0) is 21.9 Å². The van der Waals surface area contributed by atoms with Gasteiger partial charge in [-0.15, -0.1) is 0 Å².